The van der Waals surface area contributed by atoms with Crippen molar-refractivity contribution in [2.75, 3.05) is 11.9 Å². The minimum Gasteiger partial charge on any atom is -0.355 e. The average molecular weight is 269 g/mol. The fourth-order valence-electron chi connectivity index (χ4n) is 1.85. The van der Waals surface area contributed by atoms with Crippen LogP contribution in [-0.2, 0) is 0 Å². The summed E-state index contributed by atoms with van der Waals surface area (Å²) in [6.45, 7) is 4.72. The maximum absolute atomic E-state index is 11.9. The van der Waals surface area contributed by atoms with Gasteiger partial charge in [0.25, 0.3) is 5.91 Å². The van der Waals surface area contributed by atoms with Crippen LogP contribution in [0.25, 0.3) is 0 Å². The molecule has 1 amide bonds. The van der Waals surface area contributed by atoms with Crippen LogP contribution in [0.5, 0.6) is 0 Å². The number of carbonyl (C=O) groups excluding carboxylic acids is 1. The predicted molar refractivity (Wildman–Crippen MR) is 81.3 cm³/mol. The molecule has 0 spiro atoms. The highest BCUT2D eigenvalue weighted by Gasteiger charge is 2.06. The lowest BCUT2D eigenvalue weighted by molar-refractivity contribution is 0.0949. The molecule has 0 saturated heterocycles. The zero-order valence-corrected chi connectivity index (χ0v) is 11.8. The minimum atomic E-state index is -0.139. The maximum Gasteiger partial charge on any atom is 0.269 e. The number of nitrogens with zero attached hydrogens (tertiary/aromatic N) is 1. The molecule has 1 aromatic heterocycles. The fourth-order valence-corrected chi connectivity index (χ4v) is 1.85. The van der Waals surface area contributed by atoms with E-state index in [9.17, 15) is 4.79 Å². The Morgan fingerprint density at radius 3 is 2.75 bits per heavy atom. The van der Waals surface area contributed by atoms with E-state index in [1.54, 1.807) is 12.3 Å². The third-order valence-corrected chi connectivity index (χ3v) is 2.83. The molecule has 0 aliphatic heterocycles. The van der Waals surface area contributed by atoms with E-state index in [0.717, 1.165) is 17.8 Å². The Kier molecular flexibility index (Phi) is 4.71. The van der Waals surface area contributed by atoms with Crippen LogP contribution in [-0.4, -0.2) is 17.4 Å². The summed E-state index contributed by atoms with van der Waals surface area (Å²) in [6, 6.07) is 11.7. The summed E-state index contributed by atoms with van der Waals surface area (Å²) in [7, 11) is 0. The van der Waals surface area contributed by atoms with Crippen LogP contribution in [0.4, 0.5) is 11.4 Å². The second kappa shape index (κ2) is 6.70. The van der Waals surface area contributed by atoms with Crippen LogP contribution in [0, 0.1) is 6.92 Å². The molecule has 1 heterocycles. The zero-order valence-electron chi connectivity index (χ0n) is 11.8. The van der Waals surface area contributed by atoms with Crippen LogP contribution < -0.4 is 10.6 Å². The average Bonchev–Trinajstić information content (AvgIpc) is 2.45. The van der Waals surface area contributed by atoms with Gasteiger partial charge >= 0.3 is 0 Å². The first-order valence-corrected chi connectivity index (χ1v) is 6.77. The summed E-state index contributed by atoms with van der Waals surface area (Å²) in [4.78, 5) is 16.0. The first-order valence-electron chi connectivity index (χ1n) is 6.77. The van der Waals surface area contributed by atoms with Crippen molar-refractivity contribution in [1.82, 2.24) is 10.3 Å². The number of aromatic nitrogens is 1. The SMILES string of the molecule is CCCNC(=O)c1cc(Nc2cccc(C)c2)ccn1. The summed E-state index contributed by atoms with van der Waals surface area (Å²) in [6.07, 6.45) is 2.55. The second-order valence-electron chi connectivity index (χ2n) is 4.68. The van der Waals surface area contributed by atoms with Crippen molar-refractivity contribution in [2.24, 2.45) is 0 Å². The Morgan fingerprint density at radius 2 is 2.00 bits per heavy atom. The van der Waals surface area contributed by atoms with Gasteiger partial charge in [-0.05, 0) is 43.2 Å². The topological polar surface area (TPSA) is 54.0 Å². The van der Waals surface area contributed by atoms with Gasteiger partial charge in [0.15, 0.2) is 0 Å². The number of carbonyl (C=O) groups is 1. The summed E-state index contributed by atoms with van der Waals surface area (Å²) in [5.74, 6) is -0.139. The fraction of sp³-hybridized carbons (Fsp3) is 0.250. The van der Waals surface area contributed by atoms with Crippen LogP contribution in [0.1, 0.15) is 29.4 Å². The van der Waals surface area contributed by atoms with Crippen LogP contribution in [0.2, 0.25) is 0 Å². The predicted octanol–water partition coefficient (Wildman–Crippen LogP) is 3.27. The van der Waals surface area contributed by atoms with Crippen molar-refractivity contribution in [3.05, 3.63) is 53.9 Å². The van der Waals surface area contributed by atoms with E-state index in [0.29, 0.717) is 12.2 Å². The summed E-state index contributed by atoms with van der Waals surface area (Å²) in [5, 5.41) is 6.10. The zero-order chi connectivity index (χ0) is 14.4. The summed E-state index contributed by atoms with van der Waals surface area (Å²) in [5.41, 5.74) is 3.46. The highest BCUT2D eigenvalue weighted by Crippen LogP contribution is 2.17. The number of aryl methyl sites for hydroxylation is 1. The highest BCUT2D eigenvalue weighted by atomic mass is 16.1. The van der Waals surface area contributed by atoms with Crippen molar-refractivity contribution in [3.63, 3.8) is 0 Å². The molecule has 104 valence electrons. The Labute approximate surface area is 119 Å². The Hall–Kier alpha value is -2.36. The molecular weight excluding hydrogens is 250 g/mol. The lowest BCUT2D eigenvalue weighted by Gasteiger charge is -2.08. The lowest BCUT2D eigenvalue weighted by Crippen LogP contribution is -2.24. The van der Waals surface area contributed by atoms with Gasteiger partial charge in [-0.1, -0.05) is 19.1 Å². The van der Waals surface area contributed by atoms with E-state index < -0.39 is 0 Å². The largest absolute Gasteiger partial charge is 0.355 e. The first-order chi connectivity index (χ1) is 9.69. The van der Waals surface area contributed by atoms with Gasteiger partial charge in [-0.2, -0.15) is 0 Å². The van der Waals surface area contributed by atoms with Gasteiger partial charge in [0.1, 0.15) is 5.69 Å². The summed E-state index contributed by atoms with van der Waals surface area (Å²) < 4.78 is 0. The number of hydrogen-bond donors (Lipinski definition) is 2. The number of amides is 1. The van der Waals surface area contributed by atoms with Gasteiger partial charge < -0.3 is 10.6 Å². The summed E-state index contributed by atoms with van der Waals surface area (Å²) >= 11 is 0. The van der Waals surface area contributed by atoms with Crippen LogP contribution in [0.3, 0.4) is 0 Å². The standard InChI is InChI=1S/C16H19N3O/c1-3-8-18-16(20)15-11-14(7-9-17-15)19-13-6-4-5-12(2)10-13/h4-7,9-11H,3,8H2,1-2H3,(H,17,19)(H,18,20). The molecule has 1 aromatic carbocycles. The van der Waals surface area contributed by atoms with Gasteiger partial charge in [-0.15, -0.1) is 0 Å². The van der Waals surface area contributed by atoms with E-state index in [4.69, 9.17) is 0 Å². The number of nitrogens with one attached hydrogen (secondary N) is 2. The van der Waals surface area contributed by atoms with Crippen molar-refractivity contribution in [2.45, 2.75) is 20.3 Å². The molecule has 0 atom stereocenters. The molecule has 0 bridgehead atoms. The third kappa shape index (κ3) is 3.82. The lowest BCUT2D eigenvalue weighted by atomic mass is 10.2. The molecule has 2 rings (SSSR count). The molecule has 0 fully saturated rings. The number of hydrogen-bond acceptors (Lipinski definition) is 3. The molecule has 0 aliphatic rings. The maximum atomic E-state index is 11.9. The normalized spacial score (nSPS) is 10.1. The molecule has 2 N–H and O–H groups in total. The second-order valence-corrected chi connectivity index (χ2v) is 4.68. The Morgan fingerprint density at radius 1 is 1.20 bits per heavy atom. The monoisotopic (exact) mass is 269 g/mol. The molecule has 0 aliphatic carbocycles. The van der Waals surface area contributed by atoms with Crippen molar-refractivity contribution in [1.29, 1.82) is 0 Å². The van der Waals surface area contributed by atoms with Crippen LogP contribution in [0.15, 0.2) is 42.6 Å². The Bertz CT molecular complexity index is 596. The highest BCUT2D eigenvalue weighted by molar-refractivity contribution is 5.93. The van der Waals surface area contributed by atoms with E-state index in [-0.39, 0.29) is 5.91 Å². The Balaban J connectivity index is 2.11. The number of pyridine rings is 1. The molecule has 20 heavy (non-hydrogen) atoms. The van der Waals surface area contributed by atoms with Crippen molar-refractivity contribution in [3.8, 4) is 0 Å². The molecule has 0 saturated carbocycles. The molecule has 0 unspecified atom stereocenters. The molecule has 2 aromatic rings. The number of rotatable bonds is 5. The quantitative estimate of drug-likeness (QED) is 0.876. The van der Waals surface area contributed by atoms with Gasteiger partial charge in [0, 0.05) is 24.1 Å². The number of anilines is 2. The van der Waals surface area contributed by atoms with Crippen molar-refractivity contribution >= 4 is 17.3 Å². The number of benzene rings is 1. The van der Waals surface area contributed by atoms with Gasteiger partial charge in [-0.3, -0.25) is 9.78 Å². The first kappa shape index (κ1) is 14.1. The van der Waals surface area contributed by atoms with Crippen molar-refractivity contribution < 1.29 is 4.79 Å². The van der Waals surface area contributed by atoms with Gasteiger partial charge in [0.05, 0.1) is 0 Å². The molecular formula is C16H19N3O. The van der Waals surface area contributed by atoms with E-state index in [1.807, 2.05) is 38.1 Å². The van der Waals surface area contributed by atoms with Gasteiger partial charge in [-0.25, -0.2) is 0 Å². The van der Waals surface area contributed by atoms with Gasteiger partial charge in [0.2, 0.25) is 0 Å². The van der Waals surface area contributed by atoms with E-state index in [1.165, 1.54) is 5.56 Å². The molecule has 4 heteroatoms. The third-order valence-electron chi connectivity index (χ3n) is 2.83. The molecule has 0 radical (unpaired) electrons. The minimum absolute atomic E-state index is 0.139. The van der Waals surface area contributed by atoms with E-state index >= 15 is 0 Å². The van der Waals surface area contributed by atoms with E-state index in [2.05, 4.69) is 21.7 Å². The smallest absolute Gasteiger partial charge is 0.269 e. The molecule has 4 nitrogen and oxygen atoms in total. The van der Waals surface area contributed by atoms with Crippen LogP contribution >= 0.6 is 0 Å².